The molecule has 1 saturated carbocycles. The molecule has 186 valence electrons. The Hall–Kier alpha value is -3.56. The number of imidazole rings is 1. The zero-order valence-electron chi connectivity index (χ0n) is 20.1. The van der Waals surface area contributed by atoms with Crippen molar-refractivity contribution in [2.24, 2.45) is 5.92 Å². The van der Waals surface area contributed by atoms with Gasteiger partial charge in [0.15, 0.2) is 0 Å². The van der Waals surface area contributed by atoms with Crippen LogP contribution in [-0.4, -0.2) is 43.9 Å². The number of nitrogens with zero attached hydrogens (tertiary/aromatic N) is 4. The third kappa shape index (κ3) is 4.64. The van der Waals surface area contributed by atoms with Crippen molar-refractivity contribution in [1.29, 1.82) is 0 Å². The second-order valence-electron chi connectivity index (χ2n) is 9.81. The molecule has 0 aromatic carbocycles. The number of amides is 1. The van der Waals surface area contributed by atoms with E-state index in [1.807, 2.05) is 16.7 Å². The lowest BCUT2D eigenvalue weighted by molar-refractivity contribution is 0.0201. The lowest BCUT2D eigenvalue weighted by Gasteiger charge is -2.37. The maximum absolute atomic E-state index is 12.7. The van der Waals surface area contributed by atoms with Crippen LogP contribution in [0.3, 0.4) is 0 Å². The van der Waals surface area contributed by atoms with Gasteiger partial charge in [-0.3, -0.25) is 14.0 Å². The van der Waals surface area contributed by atoms with Gasteiger partial charge in [0.05, 0.1) is 31.5 Å². The van der Waals surface area contributed by atoms with Crippen molar-refractivity contribution in [3.63, 3.8) is 0 Å². The molecule has 1 saturated heterocycles. The van der Waals surface area contributed by atoms with E-state index in [0.717, 1.165) is 23.5 Å². The fourth-order valence-electron chi connectivity index (χ4n) is 5.45. The summed E-state index contributed by atoms with van der Waals surface area (Å²) < 4.78 is 9.39. The molecule has 6 rings (SSSR count). The number of morpholine rings is 1. The molecule has 0 bridgehead atoms. The van der Waals surface area contributed by atoms with Gasteiger partial charge in [0.1, 0.15) is 17.0 Å². The molecule has 2 aliphatic rings. The average molecular weight is 487 g/mol. The first-order chi connectivity index (χ1) is 17.6. The van der Waals surface area contributed by atoms with Crippen molar-refractivity contribution < 1.29 is 9.53 Å². The monoisotopic (exact) mass is 486 g/mol. The molecule has 2 N–H and O–H groups in total. The molecule has 1 aliphatic carbocycles. The second-order valence-corrected chi connectivity index (χ2v) is 9.81. The van der Waals surface area contributed by atoms with Gasteiger partial charge in [-0.1, -0.05) is 31.4 Å². The van der Waals surface area contributed by atoms with E-state index < -0.39 is 5.91 Å². The highest BCUT2D eigenvalue weighted by Crippen LogP contribution is 2.30. The molecule has 2 fully saturated rings. The van der Waals surface area contributed by atoms with E-state index in [-0.39, 0.29) is 23.8 Å². The summed E-state index contributed by atoms with van der Waals surface area (Å²) in [5.41, 5.74) is 2.93. The van der Waals surface area contributed by atoms with Gasteiger partial charge in [-0.25, -0.2) is 9.97 Å². The standard InChI is InChI=1S/C27H30N6O3/c34-26-12-21(31-25-8-4-5-11-33(25)26)27(35)28-13-20-15-32-14-19(9-10-24(32)29-20)23-17-36-16-22(30-23)18-6-2-1-3-7-18/h4-5,8-12,14-15,18,22-23,30H,1-3,6-7,13,16-17H2,(H,28,35)/t22-,23+/m0/s1. The zero-order chi connectivity index (χ0) is 24.5. The number of carbonyl (C=O) groups is 1. The van der Waals surface area contributed by atoms with Gasteiger partial charge in [-0.2, -0.15) is 0 Å². The lowest BCUT2D eigenvalue weighted by Crippen LogP contribution is -2.48. The molecule has 36 heavy (non-hydrogen) atoms. The second kappa shape index (κ2) is 9.83. The number of pyridine rings is 2. The molecular weight excluding hydrogens is 456 g/mol. The Kier molecular flexibility index (Phi) is 6.25. The highest BCUT2D eigenvalue weighted by molar-refractivity contribution is 5.92. The smallest absolute Gasteiger partial charge is 0.270 e. The number of carbonyl (C=O) groups excluding carboxylic acids is 1. The maximum Gasteiger partial charge on any atom is 0.270 e. The van der Waals surface area contributed by atoms with Crippen molar-refractivity contribution in [2.75, 3.05) is 13.2 Å². The summed E-state index contributed by atoms with van der Waals surface area (Å²) in [5, 5.41) is 6.67. The summed E-state index contributed by atoms with van der Waals surface area (Å²) in [7, 11) is 0. The van der Waals surface area contributed by atoms with Crippen LogP contribution in [0.4, 0.5) is 0 Å². The van der Waals surface area contributed by atoms with Crippen molar-refractivity contribution in [3.8, 4) is 0 Å². The SMILES string of the molecule is O=C(NCc1cn2cc([C@H]3COC[C@@H](C4CCCCC4)N3)ccc2n1)c1cc(=O)n2ccccc2n1. The summed E-state index contributed by atoms with van der Waals surface area (Å²) in [5.74, 6) is 0.288. The summed E-state index contributed by atoms with van der Waals surface area (Å²) in [6.07, 6.45) is 12.2. The molecule has 9 nitrogen and oxygen atoms in total. The number of aromatic nitrogens is 4. The third-order valence-electron chi connectivity index (χ3n) is 7.38. The van der Waals surface area contributed by atoms with E-state index in [0.29, 0.717) is 24.2 Å². The molecule has 2 atom stereocenters. The molecular formula is C27H30N6O3. The minimum atomic E-state index is -0.409. The van der Waals surface area contributed by atoms with E-state index >= 15 is 0 Å². The van der Waals surface area contributed by atoms with Gasteiger partial charge >= 0.3 is 0 Å². The topological polar surface area (TPSA) is 102 Å². The molecule has 4 aromatic heterocycles. The van der Waals surface area contributed by atoms with Crippen LogP contribution in [0.25, 0.3) is 11.3 Å². The predicted octanol–water partition coefficient (Wildman–Crippen LogP) is 2.88. The van der Waals surface area contributed by atoms with Crippen LogP contribution in [0.2, 0.25) is 0 Å². The maximum atomic E-state index is 12.7. The first kappa shape index (κ1) is 22.9. The van der Waals surface area contributed by atoms with Crippen LogP contribution in [0, 0.1) is 5.92 Å². The predicted molar refractivity (Wildman–Crippen MR) is 135 cm³/mol. The molecule has 4 aromatic rings. The molecule has 1 amide bonds. The zero-order valence-corrected chi connectivity index (χ0v) is 20.1. The molecule has 0 unspecified atom stereocenters. The summed E-state index contributed by atoms with van der Waals surface area (Å²) >= 11 is 0. The average Bonchev–Trinajstić information content (AvgIpc) is 3.34. The Balaban J connectivity index is 1.14. The first-order valence-electron chi connectivity index (χ1n) is 12.7. The number of ether oxygens (including phenoxy) is 1. The van der Waals surface area contributed by atoms with Gasteiger partial charge < -0.3 is 19.8 Å². The minimum absolute atomic E-state index is 0.0909. The van der Waals surface area contributed by atoms with Gasteiger partial charge in [-0.05, 0) is 42.5 Å². The lowest BCUT2D eigenvalue weighted by atomic mass is 9.83. The van der Waals surface area contributed by atoms with Gasteiger partial charge in [0.25, 0.3) is 11.5 Å². The van der Waals surface area contributed by atoms with Crippen LogP contribution in [-0.2, 0) is 11.3 Å². The number of rotatable bonds is 5. The van der Waals surface area contributed by atoms with E-state index in [4.69, 9.17) is 4.74 Å². The minimum Gasteiger partial charge on any atom is -0.378 e. The van der Waals surface area contributed by atoms with Crippen molar-refractivity contribution in [1.82, 2.24) is 29.4 Å². The van der Waals surface area contributed by atoms with Gasteiger partial charge in [0.2, 0.25) is 0 Å². The van der Waals surface area contributed by atoms with E-state index in [2.05, 4.69) is 32.9 Å². The van der Waals surface area contributed by atoms with Gasteiger partial charge in [-0.15, -0.1) is 0 Å². The Morgan fingerprint density at radius 3 is 2.83 bits per heavy atom. The molecule has 1 aliphatic heterocycles. The van der Waals surface area contributed by atoms with Crippen LogP contribution < -0.4 is 16.2 Å². The van der Waals surface area contributed by atoms with Crippen LogP contribution in [0.5, 0.6) is 0 Å². The molecule has 5 heterocycles. The van der Waals surface area contributed by atoms with E-state index in [1.54, 1.807) is 24.4 Å². The van der Waals surface area contributed by atoms with Crippen LogP contribution in [0.1, 0.15) is 59.9 Å². The van der Waals surface area contributed by atoms with Crippen molar-refractivity contribution in [3.05, 3.63) is 82.3 Å². The normalized spacial score (nSPS) is 21.1. The largest absolute Gasteiger partial charge is 0.378 e. The summed E-state index contributed by atoms with van der Waals surface area (Å²) in [6, 6.07) is 11.1. The Morgan fingerprint density at radius 2 is 1.94 bits per heavy atom. The Bertz CT molecular complexity index is 1450. The number of hydrogen-bond donors (Lipinski definition) is 2. The summed E-state index contributed by atoms with van der Waals surface area (Å²) in [4.78, 5) is 33.9. The van der Waals surface area contributed by atoms with Crippen LogP contribution >= 0.6 is 0 Å². The number of hydrogen-bond acceptors (Lipinski definition) is 6. The van der Waals surface area contributed by atoms with E-state index in [1.165, 1.54) is 42.6 Å². The Morgan fingerprint density at radius 1 is 1.06 bits per heavy atom. The quantitative estimate of drug-likeness (QED) is 0.450. The molecule has 0 spiro atoms. The highest BCUT2D eigenvalue weighted by Gasteiger charge is 2.30. The molecule has 9 heteroatoms. The number of fused-ring (bicyclic) bond motifs is 2. The Labute approximate surface area is 208 Å². The van der Waals surface area contributed by atoms with Crippen LogP contribution in [0.15, 0.2) is 59.8 Å². The number of nitrogens with one attached hydrogen (secondary N) is 2. The fraction of sp³-hybridized carbons (Fsp3) is 0.407. The fourth-order valence-corrected chi connectivity index (χ4v) is 5.45. The highest BCUT2D eigenvalue weighted by atomic mass is 16.5. The first-order valence-corrected chi connectivity index (χ1v) is 12.7. The van der Waals surface area contributed by atoms with Crippen molar-refractivity contribution in [2.45, 2.75) is 50.7 Å². The third-order valence-corrected chi connectivity index (χ3v) is 7.38. The van der Waals surface area contributed by atoms with Gasteiger partial charge in [0, 0.05) is 30.7 Å². The van der Waals surface area contributed by atoms with E-state index in [9.17, 15) is 9.59 Å². The molecule has 0 radical (unpaired) electrons. The summed E-state index contributed by atoms with van der Waals surface area (Å²) in [6.45, 7) is 1.68. The van der Waals surface area contributed by atoms with Crippen molar-refractivity contribution >= 4 is 17.2 Å².